The number of hydrogen-bond acceptors (Lipinski definition) is 2. The molecule has 0 fully saturated rings. The molecule has 0 aliphatic heterocycles. The Morgan fingerprint density at radius 1 is 0.882 bits per heavy atom. The van der Waals surface area contributed by atoms with Crippen LogP contribution in [0.4, 0.5) is 5.69 Å². The Kier molecular flexibility index (Phi) is 3.78. The van der Waals surface area contributed by atoms with E-state index in [0.29, 0.717) is 0 Å². The van der Waals surface area contributed by atoms with Crippen molar-refractivity contribution in [3.05, 3.63) is 65.2 Å². The molecule has 0 spiro atoms. The summed E-state index contributed by atoms with van der Waals surface area (Å²) in [6, 6.07) is 16.6. The van der Waals surface area contributed by atoms with Crippen LogP contribution in [0, 0.1) is 13.8 Å². The molecule has 2 aromatic carbocycles. The highest BCUT2D eigenvalue weighted by molar-refractivity contribution is 5.41. The van der Waals surface area contributed by atoms with Gasteiger partial charge >= 0.3 is 0 Å². The Morgan fingerprint density at radius 2 is 1.65 bits per heavy atom. The summed E-state index contributed by atoms with van der Waals surface area (Å²) < 4.78 is 0. The molecule has 2 aromatic rings. The average molecular weight is 226 g/mol. The van der Waals surface area contributed by atoms with Crippen LogP contribution >= 0.6 is 0 Å². The molecule has 0 heterocycles. The van der Waals surface area contributed by atoms with Gasteiger partial charge < -0.3 is 5.43 Å². The quantitative estimate of drug-likeness (QED) is 0.781. The van der Waals surface area contributed by atoms with Crippen molar-refractivity contribution in [3.63, 3.8) is 0 Å². The highest BCUT2D eigenvalue weighted by Crippen LogP contribution is 2.09. The number of rotatable bonds is 4. The van der Waals surface area contributed by atoms with Crippen molar-refractivity contribution in [2.75, 3.05) is 5.43 Å². The minimum absolute atomic E-state index is 0.815. The van der Waals surface area contributed by atoms with Crippen LogP contribution in [0.5, 0.6) is 0 Å². The molecule has 0 saturated heterocycles. The fraction of sp³-hybridized carbons (Fsp3) is 0.200. The second-order valence-electron chi connectivity index (χ2n) is 4.26. The zero-order valence-electron chi connectivity index (χ0n) is 10.3. The van der Waals surface area contributed by atoms with Crippen LogP contribution in [0.1, 0.15) is 16.7 Å². The van der Waals surface area contributed by atoms with Crippen molar-refractivity contribution < 1.29 is 0 Å². The van der Waals surface area contributed by atoms with Gasteiger partial charge in [0.2, 0.25) is 0 Å². The minimum atomic E-state index is 0.815. The van der Waals surface area contributed by atoms with Gasteiger partial charge in [0, 0.05) is 12.2 Å². The van der Waals surface area contributed by atoms with Gasteiger partial charge in [0.05, 0.1) is 0 Å². The topological polar surface area (TPSA) is 24.1 Å². The third-order valence-corrected chi connectivity index (χ3v) is 2.87. The lowest BCUT2D eigenvalue weighted by Crippen LogP contribution is -2.20. The number of hydrogen-bond donors (Lipinski definition) is 2. The predicted octanol–water partition coefficient (Wildman–Crippen LogP) is 3.42. The second-order valence-corrected chi connectivity index (χ2v) is 4.26. The molecule has 0 amide bonds. The standard InChI is InChI=1S/C15H18N2/c1-12-8-9-14(10-13(12)2)11-16-17-15-6-4-3-5-7-15/h3-10,16-17H,11H2,1-2H3. The molecule has 0 aromatic heterocycles. The van der Waals surface area contributed by atoms with Crippen LogP contribution in [-0.2, 0) is 6.54 Å². The maximum Gasteiger partial charge on any atom is 0.0487 e. The zero-order chi connectivity index (χ0) is 12.1. The largest absolute Gasteiger partial charge is 0.321 e. The molecule has 0 bridgehead atoms. The third-order valence-electron chi connectivity index (χ3n) is 2.87. The van der Waals surface area contributed by atoms with Crippen molar-refractivity contribution in [1.29, 1.82) is 0 Å². The van der Waals surface area contributed by atoms with Crippen LogP contribution in [-0.4, -0.2) is 0 Å². The number of hydrazine groups is 1. The molecule has 0 saturated carbocycles. The van der Waals surface area contributed by atoms with E-state index in [1.54, 1.807) is 0 Å². The second kappa shape index (κ2) is 5.51. The number of aryl methyl sites for hydroxylation is 2. The molecule has 2 nitrogen and oxygen atoms in total. The number of anilines is 1. The van der Waals surface area contributed by atoms with E-state index in [0.717, 1.165) is 12.2 Å². The van der Waals surface area contributed by atoms with E-state index in [4.69, 9.17) is 0 Å². The SMILES string of the molecule is Cc1ccc(CNNc2ccccc2)cc1C. The summed E-state index contributed by atoms with van der Waals surface area (Å²) in [5, 5.41) is 0. The van der Waals surface area contributed by atoms with Crippen LogP contribution < -0.4 is 10.9 Å². The van der Waals surface area contributed by atoms with E-state index < -0.39 is 0 Å². The summed E-state index contributed by atoms with van der Waals surface area (Å²) in [4.78, 5) is 0. The van der Waals surface area contributed by atoms with Crippen molar-refractivity contribution in [3.8, 4) is 0 Å². The first kappa shape index (κ1) is 11.7. The van der Waals surface area contributed by atoms with Gasteiger partial charge in [0.25, 0.3) is 0 Å². The Morgan fingerprint density at radius 3 is 2.35 bits per heavy atom. The first-order chi connectivity index (χ1) is 8.25. The normalized spacial score (nSPS) is 10.2. The summed E-state index contributed by atoms with van der Waals surface area (Å²) in [6.45, 7) is 5.09. The predicted molar refractivity (Wildman–Crippen MR) is 72.8 cm³/mol. The molecule has 0 unspecified atom stereocenters. The molecule has 0 atom stereocenters. The Hall–Kier alpha value is -1.80. The van der Waals surface area contributed by atoms with E-state index in [1.807, 2.05) is 30.3 Å². The third kappa shape index (κ3) is 3.33. The van der Waals surface area contributed by atoms with Crippen LogP contribution in [0.15, 0.2) is 48.5 Å². The molecule has 0 radical (unpaired) electrons. The average Bonchev–Trinajstić information content (AvgIpc) is 2.35. The van der Waals surface area contributed by atoms with E-state index in [9.17, 15) is 0 Å². The van der Waals surface area contributed by atoms with Crippen molar-refractivity contribution in [2.45, 2.75) is 20.4 Å². The molecular weight excluding hydrogens is 208 g/mol. The smallest absolute Gasteiger partial charge is 0.0487 e. The van der Waals surface area contributed by atoms with Crippen LogP contribution in [0.3, 0.4) is 0 Å². The molecule has 0 aliphatic carbocycles. The van der Waals surface area contributed by atoms with E-state index in [-0.39, 0.29) is 0 Å². The number of nitrogens with one attached hydrogen (secondary N) is 2. The molecule has 17 heavy (non-hydrogen) atoms. The highest BCUT2D eigenvalue weighted by atomic mass is 15.3. The molecule has 88 valence electrons. The lowest BCUT2D eigenvalue weighted by atomic mass is 10.1. The molecule has 0 aliphatic rings. The van der Waals surface area contributed by atoms with Gasteiger partial charge in [-0.3, -0.25) is 0 Å². The Bertz CT molecular complexity index is 478. The maximum atomic E-state index is 3.21. The number of benzene rings is 2. The summed E-state index contributed by atoms with van der Waals surface area (Å²) in [5.41, 5.74) is 11.4. The first-order valence-electron chi connectivity index (χ1n) is 5.86. The molecular formula is C15H18N2. The van der Waals surface area contributed by atoms with E-state index >= 15 is 0 Å². The number of para-hydroxylation sites is 1. The van der Waals surface area contributed by atoms with Gasteiger partial charge in [-0.1, -0.05) is 36.4 Å². The summed E-state index contributed by atoms with van der Waals surface area (Å²) in [5.74, 6) is 0. The molecule has 2 N–H and O–H groups in total. The van der Waals surface area contributed by atoms with Crippen molar-refractivity contribution in [1.82, 2.24) is 5.43 Å². The maximum absolute atomic E-state index is 3.21. The van der Waals surface area contributed by atoms with Crippen molar-refractivity contribution >= 4 is 5.69 Å². The molecule has 2 heteroatoms. The fourth-order valence-electron chi connectivity index (χ4n) is 1.68. The minimum Gasteiger partial charge on any atom is -0.321 e. The van der Waals surface area contributed by atoms with E-state index in [1.165, 1.54) is 16.7 Å². The zero-order valence-corrected chi connectivity index (χ0v) is 10.3. The Balaban J connectivity index is 1.88. The first-order valence-corrected chi connectivity index (χ1v) is 5.86. The van der Waals surface area contributed by atoms with E-state index in [2.05, 4.69) is 42.9 Å². The van der Waals surface area contributed by atoms with Crippen LogP contribution in [0.2, 0.25) is 0 Å². The summed E-state index contributed by atoms with van der Waals surface area (Å²) >= 11 is 0. The summed E-state index contributed by atoms with van der Waals surface area (Å²) in [7, 11) is 0. The lowest BCUT2D eigenvalue weighted by Gasteiger charge is -2.09. The monoisotopic (exact) mass is 226 g/mol. The van der Waals surface area contributed by atoms with Gasteiger partial charge in [-0.2, -0.15) is 0 Å². The Labute approximate surface area is 103 Å². The van der Waals surface area contributed by atoms with Crippen molar-refractivity contribution in [2.24, 2.45) is 0 Å². The van der Waals surface area contributed by atoms with Gasteiger partial charge in [-0.05, 0) is 42.7 Å². The summed E-state index contributed by atoms with van der Waals surface area (Å²) in [6.07, 6.45) is 0. The lowest BCUT2D eigenvalue weighted by molar-refractivity contribution is 0.800. The van der Waals surface area contributed by atoms with Crippen LogP contribution in [0.25, 0.3) is 0 Å². The highest BCUT2D eigenvalue weighted by Gasteiger charge is 1.96. The van der Waals surface area contributed by atoms with Gasteiger partial charge in [-0.15, -0.1) is 0 Å². The molecule has 2 rings (SSSR count). The van der Waals surface area contributed by atoms with Gasteiger partial charge in [0.1, 0.15) is 0 Å². The van der Waals surface area contributed by atoms with Gasteiger partial charge in [0.15, 0.2) is 0 Å². The fourth-order valence-corrected chi connectivity index (χ4v) is 1.68. The van der Waals surface area contributed by atoms with Gasteiger partial charge in [-0.25, -0.2) is 5.43 Å².